The third-order valence-electron chi connectivity index (χ3n) is 4.05. The molecule has 0 bridgehead atoms. The van der Waals surface area contributed by atoms with Crippen LogP contribution in [-0.4, -0.2) is 0 Å². The maximum absolute atomic E-state index is 2.33. The monoisotopic (exact) mass is 288 g/mol. The van der Waals surface area contributed by atoms with Crippen molar-refractivity contribution in [3.05, 3.63) is 72.3 Å². The maximum atomic E-state index is 2.33. The molecule has 0 fully saturated rings. The van der Waals surface area contributed by atoms with Crippen molar-refractivity contribution in [3.63, 3.8) is 0 Å². The lowest BCUT2D eigenvalue weighted by molar-refractivity contribution is 1.14. The van der Waals surface area contributed by atoms with E-state index >= 15 is 0 Å². The van der Waals surface area contributed by atoms with Crippen molar-refractivity contribution < 1.29 is 0 Å². The van der Waals surface area contributed by atoms with Gasteiger partial charge < -0.3 is 0 Å². The minimum atomic E-state index is 1.08. The van der Waals surface area contributed by atoms with E-state index < -0.39 is 0 Å². The predicted molar refractivity (Wildman–Crippen MR) is 94.1 cm³/mol. The highest BCUT2D eigenvalue weighted by atomic mass is 32.1. The second-order valence-electron chi connectivity index (χ2n) is 5.36. The summed E-state index contributed by atoms with van der Waals surface area (Å²) in [5, 5.41) is 2.73. The van der Waals surface area contributed by atoms with Crippen LogP contribution in [0.5, 0.6) is 0 Å². The van der Waals surface area contributed by atoms with Crippen LogP contribution in [-0.2, 0) is 6.42 Å². The standard InChI is InChI=1S/C20H16S/c1-2-14-6-5-7-15(12-14)16-10-11-18-17-8-3-4-9-19(17)21-20(18)13-16/h3-13H,2H2,1H3. The first-order valence-electron chi connectivity index (χ1n) is 7.36. The van der Waals surface area contributed by atoms with Crippen molar-refractivity contribution in [2.75, 3.05) is 0 Å². The molecule has 0 atom stereocenters. The molecule has 0 aliphatic rings. The van der Waals surface area contributed by atoms with Gasteiger partial charge in [0.1, 0.15) is 0 Å². The summed E-state index contributed by atoms with van der Waals surface area (Å²) >= 11 is 1.88. The van der Waals surface area contributed by atoms with Crippen LogP contribution in [0.2, 0.25) is 0 Å². The second kappa shape index (κ2) is 5.01. The molecule has 1 aromatic heterocycles. The van der Waals surface area contributed by atoms with Crippen molar-refractivity contribution in [2.24, 2.45) is 0 Å². The number of rotatable bonds is 2. The molecule has 4 rings (SSSR count). The van der Waals surface area contributed by atoms with Crippen LogP contribution in [0.1, 0.15) is 12.5 Å². The van der Waals surface area contributed by atoms with Gasteiger partial charge in [0, 0.05) is 20.2 Å². The minimum absolute atomic E-state index is 1.08. The van der Waals surface area contributed by atoms with E-state index in [1.54, 1.807) is 0 Å². The molecule has 21 heavy (non-hydrogen) atoms. The van der Waals surface area contributed by atoms with Crippen molar-refractivity contribution in [1.82, 2.24) is 0 Å². The fraction of sp³-hybridized carbons (Fsp3) is 0.100. The fourth-order valence-corrected chi connectivity index (χ4v) is 4.02. The number of aryl methyl sites for hydroxylation is 1. The van der Waals surface area contributed by atoms with E-state index in [4.69, 9.17) is 0 Å². The maximum Gasteiger partial charge on any atom is 0.0361 e. The van der Waals surface area contributed by atoms with E-state index in [1.165, 1.54) is 36.9 Å². The fourth-order valence-electron chi connectivity index (χ4n) is 2.88. The van der Waals surface area contributed by atoms with Crippen LogP contribution in [0.15, 0.2) is 66.7 Å². The molecule has 0 amide bonds. The molecule has 0 aliphatic heterocycles. The highest BCUT2D eigenvalue weighted by Gasteiger charge is 2.06. The Morgan fingerprint density at radius 2 is 1.52 bits per heavy atom. The normalized spacial score (nSPS) is 11.3. The summed E-state index contributed by atoms with van der Waals surface area (Å²) in [6.07, 6.45) is 1.08. The Labute approximate surface area is 128 Å². The molecule has 0 saturated carbocycles. The topological polar surface area (TPSA) is 0 Å². The molecular formula is C20H16S. The molecule has 4 aromatic rings. The van der Waals surface area contributed by atoms with Crippen LogP contribution < -0.4 is 0 Å². The van der Waals surface area contributed by atoms with E-state index in [0.717, 1.165) is 6.42 Å². The minimum Gasteiger partial charge on any atom is -0.135 e. The quantitative estimate of drug-likeness (QED) is 0.407. The van der Waals surface area contributed by atoms with Crippen molar-refractivity contribution in [1.29, 1.82) is 0 Å². The lowest BCUT2D eigenvalue weighted by Gasteiger charge is -2.04. The Balaban J connectivity index is 1.92. The molecular weight excluding hydrogens is 272 g/mol. The van der Waals surface area contributed by atoms with Gasteiger partial charge >= 0.3 is 0 Å². The summed E-state index contributed by atoms with van der Waals surface area (Å²) in [4.78, 5) is 0. The molecule has 0 unspecified atom stereocenters. The van der Waals surface area contributed by atoms with Gasteiger partial charge in [-0.15, -0.1) is 11.3 Å². The Kier molecular flexibility index (Phi) is 3.01. The zero-order chi connectivity index (χ0) is 14.2. The smallest absolute Gasteiger partial charge is 0.0361 e. The summed E-state index contributed by atoms with van der Waals surface area (Å²) < 4.78 is 2.74. The van der Waals surface area contributed by atoms with Crippen LogP contribution in [0.3, 0.4) is 0 Å². The van der Waals surface area contributed by atoms with Gasteiger partial charge in [-0.2, -0.15) is 0 Å². The first-order valence-corrected chi connectivity index (χ1v) is 8.17. The molecule has 102 valence electrons. The van der Waals surface area contributed by atoms with Crippen molar-refractivity contribution in [3.8, 4) is 11.1 Å². The highest BCUT2D eigenvalue weighted by molar-refractivity contribution is 7.25. The van der Waals surface area contributed by atoms with Crippen LogP contribution >= 0.6 is 11.3 Å². The molecule has 0 aliphatic carbocycles. The Morgan fingerprint density at radius 1 is 0.714 bits per heavy atom. The van der Waals surface area contributed by atoms with Gasteiger partial charge in [-0.25, -0.2) is 0 Å². The lowest BCUT2D eigenvalue weighted by Crippen LogP contribution is -1.82. The first-order chi connectivity index (χ1) is 10.3. The molecule has 0 spiro atoms. The zero-order valence-corrected chi connectivity index (χ0v) is 12.8. The number of hydrogen-bond acceptors (Lipinski definition) is 1. The molecule has 0 saturated heterocycles. The molecule has 0 N–H and O–H groups in total. The van der Waals surface area contributed by atoms with Gasteiger partial charge in [-0.1, -0.05) is 61.5 Å². The number of hydrogen-bond donors (Lipinski definition) is 0. The average molecular weight is 288 g/mol. The van der Waals surface area contributed by atoms with Crippen LogP contribution in [0, 0.1) is 0 Å². The summed E-state index contributed by atoms with van der Waals surface area (Å²) in [6, 6.07) is 24.3. The van der Waals surface area contributed by atoms with E-state index in [2.05, 4.69) is 73.7 Å². The third kappa shape index (κ3) is 2.14. The van der Waals surface area contributed by atoms with Crippen molar-refractivity contribution in [2.45, 2.75) is 13.3 Å². The largest absolute Gasteiger partial charge is 0.135 e. The van der Waals surface area contributed by atoms with E-state index in [0.29, 0.717) is 0 Å². The Hall–Kier alpha value is -2.12. The van der Waals surface area contributed by atoms with Crippen molar-refractivity contribution >= 4 is 31.5 Å². The van der Waals surface area contributed by atoms with Gasteiger partial charge in [0.15, 0.2) is 0 Å². The summed E-state index contributed by atoms with van der Waals surface area (Å²) in [5.74, 6) is 0. The molecule has 0 radical (unpaired) electrons. The van der Waals surface area contributed by atoms with Gasteiger partial charge in [0.25, 0.3) is 0 Å². The average Bonchev–Trinajstić information content (AvgIpc) is 2.92. The van der Waals surface area contributed by atoms with Crippen LogP contribution in [0.25, 0.3) is 31.3 Å². The zero-order valence-electron chi connectivity index (χ0n) is 12.0. The number of fused-ring (bicyclic) bond motifs is 3. The Morgan fingerprint density at radius 3 is 2.43 bits per heavy atom. The second-order valence-corrected chi connectivity index (χ2v) is 6.45. The molecule has 3 aromatic carbocycles. The first kappa shape index (κ1) is 12.6. The number of thiophene rings is 1. The predicted octanol–water partition coefficient (Wildman–Crippen LogP) is 6.28. The summed E-state index contributed by atoms with van der Waals surface area (Å²) in [7, 11) is 0. The SMILES string of the molecule is CCc1cccc(-c2ccc3c(c2)sc2ccccc23)c1. The highest BCUT2D eigenvalue weighted by Crippen LogP contribution is 2.36. The van der Waals surface area contributed by atoms with Gasteiger partial charge in [0.05, 0.1) is 0 Å². The van der Waals surface area contributed by atoms with E-state index in [1.807, 2.05) is 11.3 Å². The number of benzene rings is 3. The lowest BCUT2D eigenvalue weighted by atomic mass is 10.0. The third-order valence-corrected chi connectivity index (χ3v) is 5.18. The van der Waals surface area contributed by atoms with Gasteiger partial charge in [-0.05, 0) is 35.2 Å². The van der Waals surface area contributed by atoms with Crippen LogP contribution in [0.4, 0.5) is 0 Å². The van der Waals surface area contributed by atoms with E-state index in [-0.39, 0.29) is 0 Å². The molecule has 1 heterocycles. The summed E-state index contributed by atoms with van der Waals surface area (Å²) in [6.45, 7) is 2.20. The molecule has 0 nitrogen and oxygen atoms in total. The van der Waals surface area contributed by atoms with E-state index in [9.17, 15) is 0 Å². The Bertz CT molecular complexity index is 931. The molecule has 1 heteroatoms. The summed E-state index contributed by atoms with van der Waals surface area (Å²) in [5.41, 5.74) is 4.02. The van der Waals surface area contributed by atoms with Gasteiger partial charge in [-0.3, -0.25) is 0 Å². The van der Waals surface area contributed by atoms with Gasteiger partial charge in [0.2, 0.25) is 0 Å².